The predicted octanol–water partition coefficient (Wildman–Crippen LogP) is 3.08. The summed E-state index contributed by atoms with van der Waals surface area (Å²) in [6.45, 7) is 2.13. The van der Waals surface area contributed by atoms with Crippen LogP contribution in [0.25, 0.3) is 0 Å². The van der Waals surface area contributed by atoms with E-state index >= 15 is 0 Å². The summed E-state index contributed by atoms with van der Waals surface area (Å²) < 4.78 is 5.42. The third-order valence-electron chi connectivity index (χ3n) is 3.82. The molecule has 0 radical (unpaired) electrons. The molecule has 2 rings (SSSR count). The fraction of sp³-hybridized carbons (Fsp3) is 0.467. The zero-order chi connectivity index (χ0) is 16.3. The van der Waals surface area contributed by atoms with Crippen LogP contribution in [0.1, 0.15) is 19.8 Å². The van der Waals surface area contributed by atoms with Crippen LogP contribution < -0.4 is 4.74 Å². The van der Waals surface area contributed by atoms with Crippen LogP contribution >= 0.6 is 23.2 Å². The number of nitrogens with zero attached hydrogens (tertiary/aromatic N) is 1. The molecule has 1 aliphatic heterocycles. The van der Waals surface area contributed by atoms with Crippen LogP contribution in [0.5, 0.6) is 5.75 Å². The van der Waals surface area contributed by atoms with Crippen LogP contribution in [0, 0.1) is 5.92 Å². The molecule has 7 heteroatoms. The lowest BCUT2D eigenvalue weighted by Gasteiger charge is -2.37. The van der Waals surface area contributed by atoms with Gasteiger partial charge in [-0.3, -0.25) is 9.59 Å². The number of hydrogen-bond donors (Lipinski definition) is 1. The van der Waals surface area contributed by atoms with Crippen LogP contribution in [0.15, 0.2) is 18.2 Å². The summed E-state index contributed by atoms with van der Waals surface area (Å²) in [7, 11) is 0. The van der Waals surface area contributed by atoms with E-state index in [2.05, 4.69) is 0 Å². The molecule has 2 atom stereocenters. The van der Waals surface area contributed by atoms with Crippen molar-refractivity contribution >= 4 is 35.1 Å². The van der Waals surface area contributed by atoms with Crippen LogP contribution in [-0.4, -0.2) is 41.1 Å². The number of amides is 1. The summed E-state index contributed by atoms with van der Waals surface area (Å²) in [5.74, 6) is -1.23. The van der Waals surface area contributed by atoms with E-state index in [1.807, 2.05) is 0 Å². The molecular weight excluding hydrogens is 329 g/mol. The standard InChI is InChI=1S/C15H17Cl2NO4/c1-9-13(15(20)21)3-2-4-18(9)14(19)8-22-12-6-10(16)5-11(17)7-12/h5-7,9,13H,2-4,8H2,1H3,(H,20,21)/t9-,13-/m1/s1. The molecule has 5 nitrogen and oxygen atoms in total. The van der Waals surface area contributed by atoms with Crippen LogP contribution in [0.3, 0.4) is 0 Å². The topological polar surface area (TPSA) is 66.8 Å². The largest absolute Gasteiger partial charge is 0.484 e. The molecule has 1 amide bonds. The zero-order valence-electron chi connectivity index (χ0n) is 12.1. The van der Waals surface area contributed by atoms with Crippen molar-refractivity contribution in [3.63, 3.8) is 0 Å². The van der Waals surface area contributed by atoms with E-state index < -0.39 is 11.9 Å². The van der Waals surface area contributed by atoms with Gasteiger partial charge in [0, 0.05) is 22.6 Å². The highest BCUT2D eigenvalue weighted by molar-refractivity contribution is 6.34. The summed E-state index contributed by atoms with van der Waals surface area (Å²) in [6, 6.07) is 4.37. The highest BCUT2D eigenvalue weighted by atomic mass is 35.5. The van der Waals surface area contributed by atoms with Gasteiger partial charge in [-0.25, -0.2) is 0 Å². The average molecular weight is 346 g/mol. The van der Waals surface area contributed by atoms with Gasteiger partial charge in [-0.15, -0.1) is 0 Å². The zero-order valence-corrected chi connectivity index (χ0v) is 13.6. The normalized spacial score (nSPS) is 21.5. The molecule has 0 saturated carbocycles. The summed E-state index contributed by atoms with van der Waals surface area (Å²) in [6.07, 6.45) is 1.26. The molecule has 120 valence electrons. The van der Waals surface area contributed by atoms with E-state index in [-0.39, 0.29) is 18.6 Å². The quantitative estimate of drug-likeness (QED) is 0.910. The number of hydrogen-bond acceptors (Lipinski definition) is 3. The molecular formula is C15H17Cl2NO4. The molecule has 1 aromatic rings. The molecule has 1 aromatic carbocycles. The number of aliphatic carboxylic acids is 1. The summed E-state index contributed by atoms with van der Waals surface area (Å²) in [4.78, 5) is 25.0. The second-order valence-corrected chi connectivity index (χ2v) is 6.18. The Bertz CT molecular complexity index is 558. The van der Waals surface area contributed by atoms with Crippen LogP contribution in [-0.2, 0) is 9.59 Å². The van der Waals surface area contributed by atoms with E-state index in [1.54, 1.807) is 30.0 Å². The number of ether oxygens (including phenoxy) is 1. The van der Waals surface area contributed by atoms with Crippen molar-refractivity contribution in [3.8, 4) is 5.75 Å². The van der Waals surface area contributed by atoms with E-state index in [1.165, 1.54) is 0 Å². The fourth-order valence-corrected chi connectivity index (χ4v) is 3.17. The van der Waals surface area contributed by atoms with E-state index in [0.717, 1.165) is 0 Å². The van der Waals surface area contributed by atoms with E-state index in [9.17, 15) is 14.7 Å². The summed E-state index contributed by atoms with van der Waals surface area (Å²) in [5.41, 5.74) is 0. The van der Waals surface area contributed by atoms with Crippen molar-refractivity contribution in [1.29, 1.82) is 0 Å². The Morgan fingerprint density at radius 3 is 2.55 bits per heavy atom. The average Bonchev–Trinajstić information content (AvgIpc) is 2.43. The fourth-order valence-electron chi connectivity index (χ4n) is 2.67. The number of piperidine rings is 1. The maximum Gasteiger partial charge on any atom is 0.308 e. The SMILES string of the molecule is C[C@@H]1[C@H](C(=O)O)CCCN1C(=O)COc1cc(Cl)cc(Cl)c1. The first kappa shape index (κ1) is 16.9. The van der Waals surface area contributed by atoms with Crippen molar-refractivity contribution in [2.75, 3.05) is 13.2 Å². The Labute approximate surface area is 138 Å². The van der Waals surface area contributed by atoms with Gasteiger partial charge in [-0.1, -0.05) is 23.2 Å². The number of carbonyl (C=O) groups is 2. The van der Waals surface area contributed by atoms with Crippen molar-refractivity contribution in [1.82, 2.24) is 4.90 Å². The van der Waals surface area contributed by atoms with Gasteiger partial charge < -0.3 is 14.7 Å². The van der Waals surface area contributed by atoms with Gasteiger partial charge in [0.2, 0.25) is 0 Å². The maximum atomic E-state index is 12.3. The highest BCUT2D eigenvalue weighted by Gasteiger charge is 2.35. The van der Waals surface area contributed by atoms with Gasteiger partial charge in [0.1, 0.15) is 5.75 Å². The number of halogens is 2. The minimum atomic E-state index is -0.868. The molecule has 0 aromatic heterocycles. The smallest absolute Gasteiger partial charge is 0.308 e. The van der Waals surface area contributed by atoms with Gasteiger partial charge in [0.05, 0.1) is 5.92 Å². The third-order valence-corrected chi connectivity index (χ3v) is 4.26. The van der Waals surface area contributed by atoms with Gasteiger partial charge in [0.25, 0.3) is 5.91 Å². The third kappa shape index (κ3) is 4.05. The van der Waals surface area contributed by atoms with Gasteiger partial charge in [0.15, 0.2) is 6.61 Å². The maximum absolute atomic E-state index is 12.3. The number of carboxylic acid groups (broad SMARTS) is 1. The first-order valence-electron chi connectivity index (χ1n) is 6.99. The van der Waals surface area contributed by atoms with Gasteiger partial charge >= 0.3 is 5.97 Å². The van der Waals surface area contributed by atoms with Gasteiger partial charge in [-0.05, 0) is 38.0 Å². The van der Waals surface area contributed by atoms with Crippen LogP contribution in [0.2, 0.25) is 10.0 Å². The monoisotopic (exact) mass is 345 g/mol. The molecule has 1 saturated heterocycles. The highest BCUT2D eigenvalue weighted by Crippen LogP contribution is 2.26. The lowest BCUT2D eigenvalue weighted by atomic mass is 9.90. The van der Waals surface area contributed by atoms with Crippen LogP contribution in [0.4, 0.5) is 0 Å². The number of likely N-dealkylation sites (tertiary alicyclic amines) is 1. The Balaban J connectivity index is 1.98. The second kappa shape index (κ2) is 7.20. The number of benzene rings is 1. The Morgan fingerprint density at radius 1 is 1.32 bits per heavy atom. The predicted molar refractivity (Wildman–Crippen MR) is 83.5 cm³/mol. The molecule has 0 unspecified atom stereocenters. The molecule has 1 aliphatic rings. The number of carbonyl (C=O) groups excluding carboxylic acids is 1. The van der Waals surface area contributed by atoms with Crippen molar-refractivity contribution < 1.29 is 19.4 Å². The van der Waals surface area contributed by atoms with Gasteiger partial charge in [-0.2, -0.15) is 0 Å². The molecule has 22 heavy (non-hydrogen) atoms. The first-order valence-corrected chi connectivity index (χ1v) is 7.75. The van der Waals surface area contributed by atoms with E-state index in [4.69, 9.17) is 27.9 Å². The molecule has 0 bridgehead atoms. The minimum absolute atomic E-state index is 0.173. The minimum Gasteiger partial charge on any atom is -0.484 e. The molecule has 0 aliphatic carbocycles. The molecule has 0 spiro atoms. The summed E-state index contributed by atoms with van der Waals surface area (Å²) in [5, 5.41) is 10.0. The Kier molecular flexibility index (Phi) is 5.53. The molecule has 1 heterocycles. The number of rotatable bonds is 4. The van der Waals surface area contributed by atoms with Crippen molar-refractivity contribution in [2.24, 2.45) is 5.92 Å². The second-order valence-electron chi connectivity index (χ2n) is 5.31. The first-order chi connectivity index (χ1) is 10.4. The van der Waals surface area contributed by atoms with Crippen molar-refractivity contribution in [2.45, 2.75) is 25.8 Å². The molecule has 1 N–H and O–H groups in total. The Morgan fingerprint density at radius 2 is 1.95 bits per heavy atom. The lowest BCUT2D eigenvalue weighted by molar-refractivity contribution is -0.149. The number of carboxylic acids is 1. The van der Waals surface area contributed by atoms with E-state index in [0.29, 0.717) is 35.2 Å². The lowest BCUT2D eigenvalue weighted by Crippen LogP contribution is -2.50. The summed E-state index contributed by atoms with van der Waals surface area (Å²) >= 11 is 11.7. The molecule has 1 fully saturated rings. The van der Waals surface area contributed by atoms with Crippen molar-refractivity contribution in [3.05, 3.63) is 28.2 Å². The Hall–Kier alpha value is -1.46.